The normalized spacial score (nSPS) is 14.2. The molecule has 0 bridgehead atoms. The molecule has 0 fully saturated rings. The molecule has 1 aromatic heterocycles. The van der Waals surface area contributed by atoms with Gasteiger partial charge in [-0.15, -0.1) is 13.2 Å². The van der Waals surface area contributed by atoms with Crippen LogP contribution in [0, 0.1) is 0 Å². The van der Waals surface area contributed by atoms with Gasteiger partial charge < -0.3 is 29.7 Å². The molecule has 190 valence electrons. The summed E-state index contributed by atoms with van der Waals surface area (Å²) in [5, 5.41) is 11.0. The van der Waals surface area contributed by atoms with Crippen molar-refractivity contribution in [2.24, 2.45) is 5.73 Å². The Morgan fingerprint density at radius 3 is 2.58 bits per heavy atom. The van der Waals surface area contributed by atoms with Crippen molar-refractivity contribution in [2.75, 3.05) is 18.2 Å². The number of halogens is 3. The number of nitrogens with zero attached hydrogens (tertiary/aromatic N) is 2. The highest BCUT2D eigenvalue weighted by Gasteiger charge is 2.31. The average Bonchev–Trinajstić information content (AvgIpc) is 3.34. The highest BCUT2D eigenvalue weighted by molar-refractivity contribution is 5.65. The number of pyridine rings is 1. The van der Waals surface area contributed by atoms with E-state index in [1.807, 2.05) is 6.07 Å². The number of rotatable bonds is 9. The van der Waals surface area contributed by atoms with Crippen molar-refractivity contribution < 1.29 is 32.6 Å². The van der Waals surface area contributed by atoms with Crippen LogP contribution in [0.2, 0.25) is 0 Å². The maximum atomic E-state index is 12.5. The van der Waals surface area contributed by atoms with Gasteiger partial charge in [-0.05, 0) is 48.0 Å². The van der Waals surface area contributed by atoms with E-state index in [9.17, 15) is 23.1 Å². The largest absolute Gasteiger partial charge is 0.573 e. The van der Waals surface area contributed by atoms with Crippen LogP contribution in [0.4, 0.5) is 18.9 Å². The Bertz CT molecular complexity index is 1280. The molecule has 1 aliphatic heterocycles. The molecule has 0 spiro atoms. The number of ether oxygens (including phenoxy) is 2. The lowest BCUT2D eigenvalue weighted by atomic mass is 10.2. The van der Waals surface area contributed by atoms with Gasteiger partial charge in [0.1, 0.15) is 24.2 Å². The second kappa shape index (κ2) is 10.7. The van der Waals surface area contributed by atoms with E-state index in [1.165, 1.54) is 39.9 Å². The van der Waals surface area contributed by atoms with Crippen LogP contribution in [-0.4, -0.2) is 35.3 Å². The summed E-state index contributed by atoms with van der Waals surface area (Å²) in [4.78, 5) is 18.0. The number of anilines is 1. The van der Waals surface area contributed by atoms with Gasteiger partial charge in [-0.2, -0.15) is 0 Å². The summed E-state index contributed by atoms with van der Waals surface area (Å²) in [6, 6.07) is 15.4. The number of aliphatic hydroxyl groups excluding tert-OH is 1. The molecule has 0 saturated carbocycles. The SMILES string of the molecule is NCC(O)COc1cccc(Cn2cc(C3=CN(c4ccc(OC(F)(F)F)cc4)NO3)ccc2=O)c1. The van der Waals surface area contributed by atoms with Gasteiger partial charge in [0.05, 0.1) is 18.4 Å². The van der Waals surface area contributed by atoms with Crippen LogP contribution >= 0.6 is 0 Å². The molecular weight excluding hydrogens is 481 g/mol. The van der Waals surface area contributed by atoms with E-state index in [-0.39, 0.29) is 31.0 Å². The Kier molecular flexibility index (Phi) is 7.48. The van der Waals surface area contributed by atoms with E-state index >= 15 is 0 Å². The Hall–Kier alpha value is -4.00. The molecule has 0 saturated heterocycles. The highest BCUT2D eigenvalue weighted by atomic mass is 19.4. The van der Waals surface area contributed by atoms with Gasteiger partial charge in [0, 0.05) is 24.4 Å². The quantitative estimate of drug-likeness (QED) is 0.408. The first-order valence-corrected chi connectivity index (χ1v) is 10.8. The molecule has 1 unspecified atom stereocenters. The summed E-state index contributed by atoms with van der Waals surface area (Å²) < 4.78 is 48.0. The third-order valence-corrected chi connectivity index (χ3v) is 5.08. The van der Waals surface area contributed by atoms with Gasteiger partial charge in [0.15, 0.2) is 5.76 Å². The standard InChI is InChI=1S/C24H23F3N4O5/c25-24(26,27)35-20-7-5-18(6-8-20)31-14-22(36-29-31)17-4-9-23(33)30(13-17)12-16-2-1-3-21(10-16)34-15-19(32)11-28/h1-10,13-14,19,29,32H,11-12,15,28H2. The zero-order chi connectivity index (χ0) is 25.7. The van der Waals surface area contributed by atoms with E-state index in [4.69, 9.17) is 15.3 Å². The van der Waals surface area contributed by atoms with Gasteiger partial charge >= 0.3 is 6.36 Å². The van der Waals surface area contributed by atoms with Crippen LogP contribution < -0.4 is 31.4 Å². The number of hydrogen-bond acceptors (Lipinski definition) is 8. The maximum absolute atomic E-state index is 12.5. The first kappa shape index (κ1) is 25.1. The van der Waals surface area contributed by atoms with Gasteiger partial charge in [0.25, 0.3) is 5.56 Å². The number of hydrazine groups is 1. The molecule has 0 radical (unpaired) electrons. The Labute approximate surface area is 203 Å². The van der Waals surface area contributed by atoms with Gasteiger partial charge in [-0.25, -0.2) is 5.01 Å². The third kappa shape index (κ3) is 6.56. The third-order valence-electron chi connectivity index (χ3n) is 5.08. The maximum Gasteiger partial charge on any atom is 0.573 e. The van der Waals surface area contributed by atoms with E-state index in [0.29, 0.717) is 22.8 Å². The first-order chi connectivity index (χ1) is 17.2. The molecule has 0 aliphatic carbocycles. The highest BCUT2D eigenvalue weighted by Crippen LogP contribution is 2.28. The Morgan fingerprint density at radius 2 is 1.86 bits per heavy atom. The van der Waals surface area contributed by atoms with Crippen molar-refractivity contribution in [2.45, 2.75) is 19.0 Å². The number of benzene rings is 2. The number of aliphatic hydroxyl groups is 1. The lowest BCUT2D eigenvalue weighted by molar-refractivity contribution is -0.274. The second-order valence-electron chi connectivity index (χ2n) is 7.83. The van der Waals surface area contributed by atoms with Crippen LogP contribution in [0.3, 0.4) is 0 Å². The lowest BCUT2D eigenvalue weighted by Crippen LogP contribution is -2.27. The van der Waals surface area contributed by atoms with E-state index in [2.05, 4.69) is 10.3 Å². The lowest BCUT2D eigenvalue weighted by Gasteiger charge is -2.14. The Balaban J connectivity index is 1.47. The molecule has 1 atom stereocenters. The average molecular weight is 504 g/mol. The fourth-order valence-electron chi connectivity index (χ4n) is 3.33. The first-order valence-electron chi connectivity index (χ1n) is 10.8. The zero-order valence-corrected chi connectivity index (χ0v) is 18.8. The van der Waals surface area contributed by atoms with E-state index in [1.54, 1.807) is 36.7 Å². The van der Waals surface area contributed by atoms with Crippen molar-refractivity contribution in [3.8, 4) is 11.5 Å². The topological polar surface area (TPSA) is 111 Å². The van der Waals surface area contributed by atoms with Crippen LogP contribution in [0.15, 0.2) is 77.9 Å². The molecule has 2 aromatic carbocycles. The smallest absolute Gasteiger partial charge is 0.491 e. The molecule has 2 heterocycles. The van der Waals surface area contributed by atoms with Gasteiger partial charge in [0.2, 0.25) is 0 Å². The molecule has 36 heavy (non-hydrogen) atoms. The molecule has 0 amide bonds. The molecule has 4 rings (SSSR count). The Morgan fingerprint density at radius 1 is 1.08 bits per heavy atom. The summed E-state index contributed by atoms with van der Waals surface area (Å²) in [5.74, 6) is 0.595. The molecule has 9 nitrogen and oxygen atoms in total. The number of alkyl halides is 3. The van der Waals surface area contributed by atoms with E-state index in [0.717, 1.165) is 5.56 Å². The van der Waals surface area contributed by atoms with Gasteiger partial charge in [-0.1, -0.05) is 17.7 Å². The minimum absolute atomic E-state index is 0.0580. The van der Waals surface area contributed by atoms with E-state index < -0.39 is 12.5 Å². The minimum atomic E-state index is -4.77. The van der Waals surface area contributed by atoms with Crippen molar-refractivity contribution in [3.05, 3.63) is 94.5 Å². The predicted molar refractivity (Wildman–Crippen MR) is 125 cm³/mol. The number of nitrogens with one attached hydrogen (secondary N) is 1. The molecule has 4 N–H and O–H groups in total. The minimum Gasteiger partial charge on any atom is -0.491 e. The van der Waals surface area contributed by atoms with Crippen LogP contribution in [-0.2, 0) is 11.4 Å². The summed E-state index contributed by atoms with van der Waals surface area (Å²) in [7, 11) is 0. The zero-order valence-electron chi connectivity index (χ0n) is 18.8. The number of hydrogen-bond donors (Lipinski definition) is 3. The molecule has 1 aliphatic rings. The predicted octanol–water partition coefficient (Wildman–Crippen LogP) is 2.75. The van der Waals surface area contributed by atoms with Crippen molar-refractivity contribution in [3.63, 3.8) is 0 Å². The van der Waals surface area contributed by atoms with Crippen molar-refractivity contribution >= 4 is 11.4 Å². The number of aromatic nitrogens is 1. The second-order valence-corrected chi connectivity index (χ2v) is 7.83. The summed E-state index contributed by atoms with van der Waals surface area (Å²) in [6.45, 7) is 0.404. The van der Waals surface area contributed by atoms with Crippen LogP contribution in [0.25, 0.3) is 5.76 Å². The van der Waals surface area contributed by atoms with Crippen molar-refractivity contribution in [1.29, 1.82) is 0 Å². The summed E-state index contributed by atoms with van der Waals surface area (Å²) in [5.41, 5.74) is 9.71. The van der Waals surface area contributed by atoms with Crippen LogP contribution in [0.1, 0.15) is 11.1 Å². The molecule has 3 aromatic rings. The summed E-state index contributed by atoms with van der Waals surface area (Å²) in [6.07, 6.45) is -2.31. The van der Waals surface area contributed by atoms with Gasteiger partial charge in [-0.3, -0.25) is 4.79 Å². The molecule has 12 heteroatoms. The molecular formula is C24H23F3N4O5. The summed E-state index contributed by atoms with van der Waals surface area (Å²) >= 11 is 0. The van der Waals surface area contributed by atoms with Crippen molar-refractivity contribution in [1.82, 2.24) is 10.2 Å². The monoisotopic (exact) mass is 504 g/mol. The van der Waals surface area contributed by atoms with Crippen LogP contribution in [0.5, 0.6) is 11.5 Å². The number of nitrogens with two attached hydrogens (primary N) is 1. The fourth-order valence-corrected chi connectivity index (χ4v) is 3.33. The fraction of sp³-hybridized carbons (Fsp3) is 0.208.